The number of benzene rings is 2. The van der Waals surface area contributed by atoms with Crippen LogP contribution >= 0.6 is 11.8 Å². The van der Waals surface area contributed by atoms with E-state index in [4.69, 9.17) is 0 Å². The molecule has 1 heterocycles. The van der Waals surface area contributed by atoms with Crippen LogP contribution in [0.25, 0.3) is 10.9 Å². The predicted molar refractivity (Wildman–Crippen MR) is 92.3 cm³/mol. The second-order valence-electron chi connectivity index (χ2n) is 5.36. The van der Waals surface area contributed by atoms with Crippen LogP contribution in [0.5, 0.6) is 0 Å². The average molecular weight is 346 g/mol. The first-order chi connectivity index (χ1) is 11.5. The Hall–Kier alpha value is -2.21. The maximum atomic E-state index is 14.0. The van der Waals surface area contributed by atoms with Crippen molar-refractivity contribution in [3.63, 3.8) is 0 Å². The standard InChI is InChI=1S/C18H16F2N2OS/c1-3-22-17(23)12-7-4-5-10-15(12)21-18(22)24-11(2)16-13(19)8-6-9-14(16)20/h4-11H,3H2,1-2H3. The molecule has 6 heteroatoms. The molecule has 0 amide bonds. The van der Waals surface area contributed by atoms with Crippen molar-refractivity contribution in [2.75, 3.05) is 0 Å². The minimum Gasteiger partial charge on any atom is -0.287 e. The Morgan fingerprint density at radius 2 is 1.79 bits per heavy atom. The maximum absolute atomic E-state index is 14.0. The van der Waals surface area contributed by atoms with E-state index in [1.54, 1.807) is 31.2 Å². The molecule has 1 unspecified atom stereocenters. The van der Waals surface area contributed by atoms with Gasteiger partial charge in [0.15, 0.2) is 5.16 Å². The Morgan fingerprint density at radius 1 is 1.12 bits per heavy atom. The molecule has 0 bridgehead atoms. The van der Waals surface area contributed by atoms with Crippen molar-refractivity contribution in [2.45, 2.75) is 30.8 Å². The van der Waals surface area contributed by atoms with Crippen LogP contribution < -0.4 is 5.56 Å². The Morgan fingerprint density at radius 3 is 2.46 bits per heavy atom. The first-order valence-electron chi connectivity index (χ1n) is 7.63. The van der Waals surface area contributed by atoms with Crippen LogP contribution in [0.2, 0.25) is 0 Å². The fraction of sp³-hybridized carbons (Fsp3) is 0.222. The van der Waals surface area contributed by atoms with E-state index >= 15 is 0 Å². The Kier molecular flexibility index (Phi) is 4.66. The highest BCUT2D eigenvalue weighted by Gasteiger charge is 2.20. The smallest absolute Gasteiger partial charge is 0.262 e. The van der Waals surface area contributed by atoms with Crippen LogP contribution in [-0.2, 0) is 6.54 Å². The number of fused-ring (bicyclic) bond motifs is 1. The normalized spacial score (nSPS) is 12.5. The molecule has 1 atom stereocenters. The first kappa shape index (κ1) is 16.6. The molecule has 0 aliphatic carbocycles. The van der Waals surface area contributed by atoms with Crippen LogP contribution in [0.15, 0.2) is 52.4 Å². The van der Waals surface area contributed by atoms with Gasteiger partial charge in [0, 0.05) is 17.4 Å². The van der Waals surface area contributed by atoms with Crippen LogP contribution in [0.3, 0.4) is 0 Å². The fourth-order valence-electron chi connectivity index (χ4n) is 2.63. The molecule has 124 valence electrons. The van der Waals surface area contributed by atoms with Gasteiger partial charge in [0.25, 0.3) is 5.56 Å². The molecule has 0 N–H and O–H groups in total. The van der Waals surface area contributed by atoms with Gasteiger partial charge >= 0.3 is 0 Å². The quantitative estimate of drug-likeness (QED) is 0.513. The molecule has 0 aliphatic heterocycles. The summed E-state index contributed by atoms with van der Waals surface area (Å²) in [5, 5.41) is 0.474. The first-order valence-corrected chi connectivity index (χ1v) is 8.51. The second-order valence-corrected chi connectivity index (χ2v) is 6.66. The van der Waals surface area contributed by atoms with Crippen LogP contribution in [0.1, 0.15) is 24.7 Å². The third-order valence-corrected chi connectivity index (χ3v) is 4.94. The van der Waals surface area contributed by atoms with E-state index in [9.17, 15) is 13.6 Å². The summed E-state index contributed by atoms with van der Waals surface area (Å²) in [6.07, 6.45) is 0. The molecule has 0 fully saturated rings. The summed E-state index contributed by atoms with van der Waals surface area (Å²) >= 11 is 1.18. The Bertz CT molecular complexity index is 935. The zero-order valence-corrected chi connectivity index (χ0v) is 14.1. The van der Waals surface area contributed by atoms with Gasteiger partial charge in [-0.2, -0.15) is 0 Å². The molecule has 0 saturated heterocycles. The van der Waals surface area contributed by atoms with Gasteiger partial charge in [-0.1, -0.05) is 30.0 Å². The minimum atomic E-state index is -0.596. The lowest BCUT2D eigenvalue weighted by molar-refractivity contribution is 0.556. The van der Waals surface area contributed by atoms with Crippen molar-refractivity contribution in [3.05, 3.63) is 70.0 Å². The summed E-state index contributed by atoms with van der Waals surface area (Å²) in [6.45, 7) is 3.98. The van der Waals surface area contributed by atoms with Crippen molar-refractivity contribution in [1.29, 1.82) is 0 Å². The minimum absolute atomic E-state index is 0.00689. The Balaban J connectivity index is 2.08. The lowest BCUT2D eigenvalue weighted by Crippen LogP contribution is -2.22. The number of para-hydroxylation sites is 1. The van der Waals surface area contributed by atoms with Crippen molar-refractivity contribution in [3.8, 4) is 0 Å². The Labute approximate surface area is 142 Å². The summed E-state index contributed by atoms with van der Waals surface area (Å²) in [5.74, 6) is -1.19. The van der Waals surface area contributed by atoms with E-state index in [0.29, 0.717) is 22.6 Å². The molecule has 0 spiro atoms. The fourth-order valence-corrected chi connectivity index (χ4v) is 3.78. The van der Waals surface area contributed by atoms with E-state index in [-0.39, 0.29) is 11.1 Å². The largest absolute Gasteiger partial charge is 0.287 e. The molecule has 0 saturated carbocycles. The summed E-state index contributed by atoms with van der Waals surface area (Å²) in [5.41, 5.74) is 0.426. The zero-order valence-electron chi connectivity index (χ0n) is 13.3. The summed E-state index contributed by atoms with van der Waals surface area (Å²) in [4.78, 5) is 17.1. The van der Waals surface area contributed by atoms with Gasteiger partial charge in [-0.25, -0.2) is 13.8 Å². The summed E-state index contributed by atoms with van der Waals surface area (Å²) < 4.78 is 29.5. The monoisotopic (exact) mass is 346 g/mol. The maximum Gasteiger partial charge on any atom is 0.262 e. The average Bonchev–Trinajstić information content (AvgIpc) is 2.55. The predicted octanol–water partition coefficient (Wildman–Crippen LogP) is 4.55. The molecular formula is C18H16F2N2OS. The van der Waals surface area contributed by atoms with E-state index in [1.807, 2.05) is 6.92 Å². The highest BCUT2D eigenvalue weighted by Crippen LogP contribution is 2.36. The van der Waals surface area contributed by atoms with E-state index in [2.05, 4.69) is 4.98 Å². The number of halogens is 2. The molecular weight excluding hydrogens is 330 g/mol. The molecule has 3 rings (SSSR count). The van der Waals surface area contributed by atoms with Crippen LogP contribution in [0.4, 0.5) is 8.78 Å². The van der Waals surface area contributed by atoms with E-state index < -0.39 is 16.9 Å². The lowest BCUT2D eigenvalue weighted by atomic mass is 10.1. The van der Waals surface area contributed by atoms with Crippen molar-refractivity contribution >= 4 is 22.7 Å². The number of rotatable bonds is 4. The number of thioether (sulfide) groups is 1. The second kappa shape index (κ2) is 6.73. The molecule has 0 radical (unpaired) electrons. The van der Waals surface area contributed by atoms with E-state index in [1.165, 1.54) is 34.5 Å². The van der Waals surface area contributed by atoms with Crippen LogP contribution in [-0.4, -0.2) is 9.55 Å². The SMILES string of the molecule is CCn1c(SC(C)c2c(F)cccc2F)nc2ccccc2c1=O. The topological polar surface area (TPSA) is 34.9 Å². The lowest BCUT2D eigenvalue weighted by Gasteiger charge is -2.16. The number of hydrogen-bond acceptors (Lipinski definition) is 3. The van der Waals surface area contributed by atoms with Crippen molar-refractivity contribution in [1.82, 2.24) is 9.55 Å². The highest BCUT2D eigenvalue weighted by atomic mass is 32.2. The van der Waals surface area contributed by atoms with Gasteiger partial charge in [0.1, 0.15) is 11.6 Å². The van der Waals surface area contributed by atoms with Gasteiger partial charge < -0.3 is 0 Å². The van der Waals surface area contributed by atoms with Crippen molar-refractivity contribution in [2.24, 2.45) is 0 Å². The molecule has 3 nitrogen and oxygen atoms in total. The van der Waals surface area contributed by atoms with Gasteiger partial charge in [0.2, 0.25) is 0 Å². The highest BCUT2D eigenvalue weighted by molar-refractivity contribution is 7.99. The van der Waals surface area contributed by atoms with Crippen molar-refractivity contribution < 1.29 is 8.78 Å². The molecule has 3 aromatic rings. The molecule has 1 aromatic heterocycles. The van der Waals surface area contributed by atoms with E-state index in [0.717, 1.165) is 0 Å². The molecule has 2 aromatic carbocycles. The zero-order chi connectivity index (χ0) is 17.3. The number of hydrogen-bond donors (Lipinski definition) is 0. The van der Waals surface area contributed by atoms with Gasteiger partial charge in [-0.05, 0) is 38.1 Å². The molecule has 24 heavy (non-hydrogen) atoms. The summed E-state index contributed by atoms with van der Waals surface area (Å²) in [6, 6.07) is 10.9. The van der Waals surface area contributed by atoms with Gasteiger partial charge in [-0.15, -0.1) is 0 Å². The number of nitrogens with zero attached hydrogens (tertiary/aromatic N) is 2. The third-order valence-electron chi connectivity index (χ3n) is 3.83. The third kappa shape index (κ3) is 2.94. The van der Waals surface area contributed by atoms with Gasteiger partial charge in [-0.3, -0.25) is 9.36 Å². The molecule has 0 aliphatic rings. The van der Waals surface area contributed by atoms with Crippen LogP contribution in [0, 0.1) is 11.6 Å². The number of aromatic nitrogens is 2. The van der Waals surface area contributed by atoms with Gasteiger partial charge in [0.05, 0.1) is 10.9 Å². The summed E-state index contributed by atoms with van der Waals surface area (Å²) in [7, 11) is 0.